The van der Waals surface area contributed by atoms with E-state index in [9.17, 15) is 22.8 Å². The van der Waals surface area contributed by atoms with Crippen molar-refractivity contribution in [3.05, 3.63) is 59.1 Å². The Balaban J connectivity index is 1.73. The quantitative estimate of drug-likeness (QED) is 0.446. The predicted molar refractivity (Wildman–Crippen MR) is 120 cm³/mol. The topological polar surface area (TPSA) is 131 Å². The molecular formula is C21H24ClN3O6S. The zero-order valence-electron chi connectivity index (χ0n) is 17.6. The lowest BCUT2D eigenvalue weighted by molar-refractivity contribution is -0.148. The molecule has 9 nitrogen and oxygen atoms in total. The highest BCUT2D eigenvalue weighted by atomic mass is 35.5. The van der Waals surface area contributed by atoms with Crippen LogP contribution in [0.4, 0.5) is 5.69 Å². The Kier molecular flexibility index (Phi) is 9.18. The van der Waals surface area contributed by atoms with Gasteiger partial charge in [-0.1, -0.05) is 23.7 Å². The number of benzene rings is 2. The van der Waals surface area contributed by atoms with Gasteiger partial charge in [0.25, 0.3) is 5.91 Å². The number of rotatable bonds is 10. The van der Waals surface area contributed by atoms with E-state index in [0.29, 0.717) is 10.7 Å². The van der Waals surface area contributed by atoms with Crippen LogP contribution in [-0.4, -0.2) is 39.4 Å². The van der Waals surface area contributed by atoms with E-state index in [1.54, 1.807) is 31.2 Å². The number of carbonyl (C=O) groups excluding carboxylic acids is 3. The highest BCUT2D eigenvalue weighted by Crippen LogP contribution is 2.16. The third-order valence-corrected chi connectivity index (χ3v) is 5.95. The summed E-state index contributed by atoms with van der Waals surface area (Å²) in [5.74, 6) is -1.48. The highest BCUT2D eigenvalue weighted by Gasteiger charge is 2.16. The van der Waals surface area contributed by atoms with Gasteiger partial charge >= 0.3 is 5.97 Å². The molecule has 0 aromatic heterocycles. The van der Waals surface area contributed by atoms with E-state index in [-0.39, 0.29) is 29.8 Å². The van der Waals surface area contributed by atoms with E-state index in [2.05, 4.69) is 15.4 Å². The number of esters is 1. The summed E-state index contributed by atoms with van der Waals surface area (Å²) in [6.45, 7) is 2.45. The molecule has 0 radical (unpaired) electrons. The average molecular weight is 482 g/mol. The Morgan fingerprint density at radius 3 is 2.25 bits per heavy atom. The molecule has 3 N–H and O–H groups in total. The summed E-state index contributed by atoms with van der Waals surface area (Å²) in [4.78, 5) is 34.8. The van der Waals surface area contributed by atoms with Crippen molar-refractivity contribution in [2.24, 2.45) is 0 Å². The summed E-state index contributed by atoms with van der Waals surface area (Å²) < 4.78 is 31.7. The second-order valence-corrected chi connectivity index (χ2v) is 9.06. The molecule has 0 spiro atoms. The predicted octanol–water partition coefficient (Wildman–Crippen LogP) is 2.39. The smallest absolute Gasteiger partial charge is 0.307 e. The lowest BCUT2D eigenvalue weighted by Crippen LogP contribution is -2.32. The van der Waals surface area contributed by atoms with E-state index in [1.165, 1.54) is 31.2 Å². The van der Waals surface area contributed by atoms with Crippen LogP contribution in [0.15, 0.2) is 53.4 Å². The first-order valence-corrected chi connectivity index (χ1v) is 11.5. The first kappa shape index (κ1) is 25.3. The molecule has 0 heterocycles. The number of hydrogen-bond donors (Lipinski definition) is 3. The molecule has 0 bridgehead atoms. The minimum absolute atomic E-state index is 0.0180. The van der Waals surface area contributed by atoms with Crippen LogP contribution in [-0.2, 0) is 29.1 Å². The SMILES string of the molecule is CC(=O)Nc1ccc(S(=O)(=O)NCCC(=O)OCC(=O)N[C@H](C)c2ccc(Cl)cc2)cc1. The van der Waals surface area contributed by atoms with E-state index in [4.69, 9.17) is 16.3 Å². The molecule has 0 fully saturated rings. The maximum atomic E-state index is 12.3. The summed E-state index contributed by atoms with van der Waals surface area (Å²) in [5, 5.41) is 5.81. The fourth-order valence-electron chi connectivity index (χ4n) is 2.63. The standard InChI is InChI=1S/C21H24ClN3O6S/c1-14(16-3-5-17(22)6-4-16)24-20(27)13-31-21(28)11-12-23-32(29,30)19-9-7-18(8-10-19)25-15(2)26/h3-10,14,23H,11-13H2,1-2H3,(H,24,27)(H,25,26)/t14-/m1/s1. The minimum atomic E-state index is -3.84. The van der Waals surface area contributed by atoms with Gasteiger partial charge in [-0.25, -0.2) is 13.1 Å². The monoisotopic (exact) mass is 481 g/mol. The molecule has 0 saturated carbocycles. The number of hydrogen-bond acceptors (Lipinski definition) is 6. The van der Waals surface area contributed by atoms with Crippen LogP contribution in [0.3, 0.4) is 0 Å². The van der Waals surface area contributed by atoms with Crippen molar-refractivity contribution in [2.75, 3.05) is 18.5 Å². The molecule has 0 saturated heterocycles. The van der Waals surface area contributed by atoms with Gasteiger partial charge in [-0.05, 0) is 48.9 Å². The summed E-state index contributed by atoms with van der Waals surface area (Å²) >= 11 is 5.83. The van der Waals surface area contributed by atoms with Crippen molar-refractivity contribution in [3.8, 4) is 0 Å². The number of sulfonamides is 1. The molecule has 32 heavy (non-hydrogen) atoms. The van der Waals surface area contributed by atoms with Crippen LogP contribution < -0.4 is 15.4 Å². The first-order valence-electron chi connectivity index (χ1n) is 9.64. The summed E-state index contributed by atoms with van der Waals surface area (Å²) in [6, 6.07) is 12.2. The number of carbonyl (C=O) groups is 3. The van der Waals surface area contributed by atoms with Crippen LogP contribution in [0, 0.1) is 0 Å². The van der Waals surface area contributed by atoms with Crippen LogP contribution >= 0.6 is 11.6 Å². The van der Waals surface area contributed by atoms with Gasteiger partial charge < -0.3 is 15.4 Å². The van der Waals surface area contributed by atoms with Crippen molar-refractivity contribution in [1.29, 1.82) is 0 Å². The van der Waals surface area contributed by atoms with E-state index < -0.39 is 28.5 Å². The van der Waals surface area contributed by atoms with Crippen LogP contribution in [0.25, 0.3) is 0 Å². The molecule has 2 amide bonds. The maximum absolute atomic E-state index is 12.3. The van der Waals surface area contributed by atoms with Gasteiger partial charge in [0.1, 0.15) is 0 Å². The molecule has 0 aliphatic rings. The van der Waals surface area contributed by atoms with Gasteiger partial charge in [-0.2, -0.15) is 0 Å². The molecule has 2 rings (SSSR count). The Morgan fingerprint density at radius 2 is 1.66 bits per heavy atom. The summed E-state index contributed by atoms with van der Waals surface area (Å²) in [5.41, 5.74) is 1.30. The molecule has 0 aliphatic carbocycles. The van der Waals surface area contributed by atoms with Crippen molar-refractivity contribution < 1.29 is 27.5 Å². The fraction of sp³-hybridized carbons (Fsp3) is 0.286. The van der Waals surface area contributed by atoms with Crippen LogP contribution in [0.2, 0.25) is 5.02 Å². The number of ether oxygens (including phenoxy) is 1. The number of nitrogens with one attached hydrogen (secondary N) is 3. The van der Waals surface area contributed by atoms with E-state index >= 15 is 0 Å². The van der Waals surface area contributed by atoms with E-state index in [0.717, 1.165) is 5.56 Å². The molecule has 172 valence electrons. The Bertz CT molecular complexity index is 1060. The third kappa shape index (κ3) is 8.29. The van der Waals surface area contributed by atoms with Crippen molar-refractivity contribution in [3.63, 3.8) is 0 Å². The van der Waals surface area contributed by atoms with Gasteiger partial charge in [-0.15, -0.1) is 0 Å². The normalized spacial score (nSPS) is 12.0. The molecule has 2 aromatic rings. The van der Waals surface area contributed by atoms with Crippen molar-refractivity contribution >= 4 is 45.1 Å². The Morgan fingerprint density at radius 1 is 1.03 bits per heavy atom. The van der Waals surface area contributed by atoms with Crippen molar-refractivity contribution in [1.82, 2.24) is 10.0 Å². The lowest BCUT2D eigenvalue weighted by atomic mass is 10.1. The van der Waals surface area contributed by atoms with Crippen LogP contribution in [0.5, 0.6) is 0 Å². The zero-order chi connectivity index (χ0) is 23.7. The number of halogens is 1. The maximum Gasteiger partial charge on any atom is 0.307 e. The largest absolute Gasteiger partial charge is 0.456 e. The molecule has 0 aliphatic heterocycles. The van der Waals surface area contributed by atoms with Gasteiger partial charge in [0.2, 0.25) is 15.9 Å². The van der Waals surface area contributed by atoms with Crippen LogP contribution in [0.1, 0.15) is 31.9 Å². The van der Waals surface area contributed by atoms with Gasteiger partial charge in [0.15, 0.2) is 6.61 Å². The second-order valence-electron chi connectivity index (χ2n) is 6.85. The summed E-state index contributed by atoms with van der Waals surface area (Å²) in [6.07, 6.45) is -0.247. The molecule has 1 atom stereocenters. The highest BCUT2D eigenvalue weighted by molar-refractivity contribution is 7.89. The first-order chi connectivity index (χ1) is 15.1. The minimum Gasteiger partial charge on any atom is -0.456 e. The lowest BCUT2D eigenvalue weighted by Gasteiger charge is -2.14. The number of amides is 2. The average Bonchev–Trinajstić information content (AvgIpc) is 2.72. The molecule has 11 heteroatoms. The Labute approximate surface area is 191 Å². The third-order valence-electron chi connectivity index (χ3n) is 4.22. The van der Waals surface area contributed by atoms with E-state index in [1.807, 2.05) is 0 Å². The fourth-order valence-corrected chi connectivity index (χ4v) is 3.79. The van der Waals surface area contributed by atoms with Gasteiger partial charge in [0.05, 0.1) is 17.4 Å². The van der Waals surface area contributed by atoms with Gasteiger partial charge in [0, 0.05) is 24.2 Å². The second kappa shape index (κ2) is 11.6. The zero-order valence-corrected chi connectivity index (χ0v) is 19.1. The van der Waals surface area contributed by atoms with Gasteiger partial charge in [-0.3, -0.25) is 14.4 Å². The molecule has 0 unspecified atom stereocenters. The molecular weight excluding hydrogens is 458 g/mol. The Hall–Kier alpha value is -2.95. The van der Waals surface area contributed by atoms with Crippen molar-refractivity contribution in [2.45, 2.75) is 31.2 Å². The molecule has 2 aromatic carbocycles. The number of anilines is 1. The summed E-state index contributed by atoms with van der Waals surface area (Å²) in [7, 11) is -3.84.